The van der Waals surface area contributed by atoms with Gasteiger partial charge in [-0.2, -0.15) is 0 Å². The van der Waals surface area contributed by atoms with E-state index in [1.54, 1.807) is 6.20 Å². The summed E-state index contributed by atoms with van der Waals surface area (Å²) in [4.78, 5) is 20.0. The number of nitrogens with zero attached hydrogens (tertiary/aromatic N) is 2. The summed E-state index contributed by atoms with van der Waals surface area (Å²) >= 11 is 0. The summed E-state index contributed by atoms with van der Waals surface area (Å²) in [5.41, 5.74) is 2.07. The molecule has 148 valence electrons. The van der Waals surface area contributed by atoms with Crippen molar-refractivity contribution in [3.8, 4) is 11.5 Å². The van der Waals surface area contributed by atoms with Crippen LogP contribution in [0.1, 0.15) is 30.7 Å². The first-order valence-electron chi connectivity index (χ1n) is 9.68. The normalized spacial score (nSPS) is 12.6. The lowest BCUT2D eigenvalue weighted by Crippen LogP contribution is -2.43. The lowest BCUT2D eigenvalue weighted by Gasteiger charge is -2.32. The van der Waals surface area contributed by atoms with Gasteiger partial charge in [-0.3, -0.25) is 9.78 Å². The number of benzene rings is 2. The number of amides is 1. The molecule has 1 aliphatic heterocycles. The third kappa shape index (κ3) is 3.94. The summed E-state index contributed by atoms with van der Waals surface area (Å²) in [5, 5.41) is 0. The van der Waals surface area contributed by atoms with Gasteiger partial charge in [0.2, 0.25) is 12.7 Å². The van der Waals surface area contributed by atoms with Gasteiger partial charge in [0.25, 0.3) is 0 Å². The van der Waals surface area contributed by atoms with E-state index in [0.717, 1.165) is 22.6 Å². The number of aromatic nitrogens is 1. The number of ether oxygens (including phenoxy) is 2. The summed E-state index contributed by atoms with van der Waals surface area (Å²) in [6, 6.07) is 21.4. The predicted molar refractivity (Wildman–Crippen MR) is 111 cm³/mol. The molecule has 0 fully saturated rings. The molecule has 0 aliphatic carbocycles. The molecular weight excluding hydrogens is 364 g/mol. The molecule has 0 N–H and O–H groups in total. The Bertz CT molecular complexity index is 988. The SMILES string of the molecule is CC(C)(C(=O)N(Cc1ccccn1)Cc1cccc2c1OCO2)c1ccccc1. The van der Waals surface area contributed by atoms with Crippen molar-refractivity contribution in [1.29, 1.82) is 0 Å². The largest absolute Gasteiger partial charge is 0.454 e. The fourth-order valence-corrected chi connectivity index (χ4v) is 3.58. The lowest BCUT2D eigenvalue weighted by molar-refractivity contribution is -0.137. The molecule has 4 rings (SSSR count). The molecule has 0 spiro atoms. The molecule has 2 heterocycles. The van der Waals surface area contributed by atoms with Crippen LogP contribution in [-0.4, -0.2) is 22.6 Å². The van der Waals surface area contributed by atoms with E-state index in [4.69, 9.17) is 9.47 Å². The maximum atomic E-state index is 13.7. The zero-order valence-corrected chi connectivity index (χ0v) is 16.7. The predicted octanol–water partition coefficient (Wildman–Crippen LogP) is 4.32. The Morgan fingerprint density at radius 3 is 2.52 bits per heavy atom. The average Bonchev–Trinajstić information content (AvgIpc) is 3.24. The summed E-state index contributed by atoms with van der Waals surface area (Å²) in [5.74, 6) is 1.46. The molecule has 1 aliphatic rings. The highest BCUT2D eigenvalue weighted by Gasteiger charge is 2.34. The second-order valence-electron chi connectivity index (χ2n) is 7.62. The highest BCUT2D eigenvalue weighted by molar-refractivity contribution is 5.87. The first-order chi connectivity index (χ1) is 14.1. The monoisotopic (exact) mass is 388 g/mol. The Labute approximate surface area is 170 Å². The van der Waals surface area contributed by atoms with E-state index < -0.39 is 5.41 Å². The number of rotatable bonds is 6. The zero-order chi connectivity index (χ0) is 20.3. The quantitative estimate of drug-likeness (QED) is 0.631. The highest BCUT2D eigenvalue weighted by atomic mass is 16.7. The molecule has 0 unspecified atom stereocenters. The minimum absolute atomic E-state index is 0.0332. The van der Waals surface area contributed by atoms with Gasteiger partial charge in [-0.1, -0.05) is 48.5 Å². The topological polar surface area (TPSA) is 51.7 Å². The van der Waals surface area contributed by atoms with Crippen LogP contribution >= 0.6 is 0 Å². The smallest absolute Gasteiger partial charge is 0.233 e. The van der Waals surface area contributed by atoms with Gasteiger partial charge in [0.05, 0.1) is 17.7 Å². The zero-order valence-electron chi connectivity index (χ0n) is 16.7. The summed E-state index contributed by atoms with van der Waals surface area (Å²) in [6.45, 7) is 4.96. The molecule has 5 heteroatoms. The van der Waals surface area contributed by atoms with Crippen LogP contribution in [-0.2, 0) is 23.3 Å². The first-order valence-corrected chi connectivity index (χ1v) is 9.68. The molecule has 5 nitrogen and oxygen atoms in total. The van der Waals surface area contributed by atoms with Crippen molar-refractivity contribution in [2.45, 2.75) is 32.4 Å². The number of para-hydroxylation sites is 1. The molecule has 0 radical (unpaired) electrons. The Hall–Kier alpha value is -3.34. The van der Waals surface area contributed by atoms with Crippen molar-refractivity contribution in [3.05, 3.63) is 89.7 Å². The molecule has 2 aromatic carbocycles. The van der Waals surface area contributed by atoms with Crippen LogP contribution in [0.2, 0.25) is 0 Å². The Morgan fingerprint density at radius 1 is 0.966 bits per heavy atom. The van der Waals surface area contributed by atoms with Gasteiger partial charge in [-0.15, -0.1) is 0 Å². The Balaban J connectivity index is 1.67. The molecule has 29 heavy (non-hydrogen) atoms. The van der Waals surface area contributed by atoms with E-state index in [2.05, 4.69) is 4.98 Å². The van der Waals surface area contributed by atoms with E-state index in [0.29, 0.717) is 18.8 Å². The number of pyridine rings is 1. The van der Waals surface area contributed by atoms with Crippen LogP contribution in [0.5, 0.6) is 11.5 Å². The van der Waals surface area contributed by atoms with E-state index in [9.17, 15) is 4.79 Å². The van der Waals surface area contributed by atoms with E-state index >= 15 is 0 Å². The van der Waals surface area contributed by atoms with Crippen LogP contribution in [0.3, 0.4) is 0 Å². The van der Waals surface area contributed by atoms with Crippen molar-refractivity contribution in [2.75, 3.05) is 6.79 Å². The van der Waals surface area contributed by atoms with Crippen molar-refractivity contribution in [1.82, 2.24) is 9.88 Å². The summed E-state index contributed by atoms with van der Waals surface area (Å²) < 4.78 is 11.2. The van der Waals surface area contributed by atoms with Crippen LogP contribution in [0.25, 0.3) is 0 Å². The highest BCUT2D eigenvalue weighted by Crippen LogP contribution is 2.37. The number of hydrogen-bond donors (Lipinski definition) is 0. The van der Waals surface area contributed by atoms with E-state index in [1.165, 1.54) is 0 Å². The molecular formula is C24H24N2O3. The molecule has 0 saturated heterocycles. The fourth-order valence-electron chi connectivity index (χ4n) is 3.58. The van der Waals surface area contributed by atoms with Gasteiger partial charge in [0.15, 0.2) is 11.5 Å². The first kappa shape index (κ1) is 19.0. The second kappa shape index (κ2) is 7.95. The minimum atomic E-state index is -0.675. The van der Waals surface area contributed by atoms with Crippen LogP contribution in [0, 0.1) is 0 Å². The Kier molecular flexibility index (Phi) is 5.21. The molecule has 0 bridgehead atoms. The molecule has 0 saturated carbocycles. The van der Waals surface area contributed by atoms with Gasteiger partial charge in [0, 0.05) is 18.3 Å². The average molecular weight is 388 g/mol. The standard InChI is InChI=1S/C24H24N2O3/c1-24(2,19-10-4-3-5-11-19)23(27)26(16-20-12-6-7-14-25-20)15-18-9-8-13-21-22(18)29-17-28-21/h3-14H,15-17H2,1-2H3. The molecule has 1 amide bonds. The van der Waals surface area contributed by atoms with Gasteiger partial charge in [-0.25, -0.2) is 0 Å². The Morgan fingerprint density at radius 2 is 1.76 bits per heavy atom. The number of carbonyl (C=O) groups excluding carboxylic acids is 1. The van der Waals surface area contributed by atoms with Crippen molar-refractivity contribution < 1.29 is 14.3 Å². The number of fused-ring (bicyclic) bond motifs is 1. The van der Waals surface area contributed by atoms with Gasteiger partial charge >= 0.3 is 0 Å². The van der Waals surface area contributed by atoms with Crippen molar-refractivity contribution in [2.24, 2.45) is 0 Å². The third-order valence-corrected chi connectivity index (χ3v) is 5.24. The third-order valence-electron chi connectivity index (χ3n) is 5.24. The van der Waals surface area contributed by atoms with Crippen LogP contribution < -0.4 is 9.47 Å². The van der Waals surface area contributed by atoms with Gasteiger partial charge in [-0.05, 0) is 37.6 Å². The maximum absolute atomic E-state index is 13.7. The number of carbonyl (C=O) groups is 1. The van der Waals surface area contributed by atoms with Gasteiger partial charge < -0.3 is 14.4 Å². The van der Waals surface area contributed by atoms with Crippen molar-refractivity contribution in [3.63, 3.8) is 0 Å². The number of hydrogen-bond acceptors (Lipinski definition) is 4. The minimum Gasteiger partial charge on any atom is -0.454 e. The lowest BCUT2D eigenvalue weighted by atomic mass is 9.83. The molecule has 1 aromatic heterocycles. The molecule has 0 atom stereocenters. The second-order valence-corrected chi connectivity index (χ2v) is 7.62. The van der Waals surface area contributed by atoms with E-state index in [1.807, 2.05) is 85.5 Å². The van der Waals surface area contributed by atoms with Crippen molar-refractivity contribution >= 4 is 5.91 Å². The van der Waals surface area contributed by atoms with E-state index in [-0.39, 0.29) is 12.7 Å². The molecule has 3 aromatic rings. The summed E-state index contributed by atoms with van der Waals surface area (Å²) in [7, 11) is 0. The van der Waals surface area contributed by atoms with Crippen LogP contribution in [0.4, 0.5) is 0 Å². The fraction of sp³-hybridized carbons (Fsp3) is 0.250. The van der Waals surface area contributed by atoms with Crippen LogP contribution in [0.15, 0.2) is 72.9 Å². The summed E-state index contributed by atoms with van der Waals surface area (Å²) in [6.07, 6.45) is 1.75. The maximum Gasteiger partial charge on any atom is 0.233 e. The van der Waals surface area contributed by atoms with Gasteiger partial charge in [0.1, 0.15) is 0 Å².